The van der Waals surface area contributed by atoms with Gasteiger partial charge in [0.2, 0.25) is 10.0 Å². The molecule has 0 amide bonds. The first-order chi connectivity index (χ1) is 9.05. The quantitative estimate of drug-likeness (QED) is 0.858. The van der Waals surface area contributed by atoms with Gasteiger partial charge in [-0.3, -0.25) is 0 Å². The minimum atomic E-state index is -3.46. The van der Waals surface area contributed by atoms with Crippen LogP contribution in [0.3, 0.4) is 0 Å². The van der Waals surface area contributed by atoms with Gasteiger partial charge in [-0.25, -0.2) is 8.42 Å². The first kappa shape index (κ1) is 14.8. The van der Waals surface area contributed by atoms with Crippen LogP contribution >= 0.6 is 11.6 Å². The molecule has 4 nitrogen and oxygen atoms in total. The molecule has 0 N–H and O–H groups in total. The van der Waals surface area contributed by atoms with Gasteiger partial charge in [0.1, 0.15) is 0 Å². The van der Waals surface area contributed by atoms with Crippen LogP contribution < -0.4 is 0 Å². The predicted octanol–water partition coefficient (Wildman–Crippen LogP) is 2.53. The summed E-state index contributed by atoms with van der Waals surface area (Å²) in [5.74, 6) is 0. The van der Waals surface area contributed by atoms with Gasteiger partial charge in [-0.2, -0.15) is 4.31 Å². The number of morpholine rings is 1. The van der Waals surface area contributed by atoms with Crippen LogP contribution in [0, 0.1) is 0 Å². The largest absolute Gasteiger partial charge is 0.378 e. The van der Waals surface area contributed by atoms with Gasteiger partial charge in [-0.15, -0.1) is 0 Å². The Bertz CT molecular complexity index is 513. The topological polar surface area (TPSA) is 46.6 Å². The van der Waals surface area contributed by atoms with Crippen molar-refractivity contribution in [3.63, 3.8) is 0 Å². The molecule has 0 saturated carbocycles. The van der Waals surface area contributed by atoms with Gasteiger partial charge < -0.3 is 4.74 Å². The standard InChI is InChI=1S/C13H18ClNO3S/c1-2-3-12-10-18-9-8-15(12)19(16,17)13-6-4-11(14)5-7-13/h4-7,12H,2-3,8-10H2,1H3/t12-/m1/s1. The van der Waals surface area contributed by atoms with Gasteiger partial charge in [0.15, 0.2) is 0 Å². The normalized spacial score (nSPS) is 21.5. The van der Waals surface area contributed by atoms with Gasteiger partial charge in [0.05, 0.1) is 18.1 Å². The van der Waals surface area contributed by atoms with Crippen molar-refractivity contribution in [1.82, 2.24) is 4.31 Å². The van der Waals surface area contributed by atoms with E-state index < -0.39 is 10.0 Å². The van der Waals surface area contributed by atoms with Crippen molar-refractivity contribution < 1.29 is 13.2 Å². The smallest absolute Gasteiger partial charge is 0.243 e. The zero-order valence-electron chi connectivity index (χ0n) is 10.9. The Kier molecular flexibility index (Phi) is 4.84. The van der Waals surface area contributed by atoms with Crippen LogP contribution in [0.1, 0.15) is 19.8 Å². The maximum absolute atomic E-state index is 12.6. The van der Waals surface area contributed by atoms with Crippen molar-refractivity contribution in [1.29, 1.82) is 0 Å². The number of hydrogen-bond acceptors (Lipinski definition) is 3. The van der Waals surface area contributed by atoms with Crippen molar-refractivity contribution >= 4 is 21.6 Å². The lowest BCUT2D eigenvalue weighted by molar-refractivity contribution is 0.0294. The molecule has 1 fully saturated rings. The van der Waals surface area contributed by atoms with Crippen molar-refractivity contribution in [2.45, 2.75) is 30.7 Å². The van der Waals surface area contributed by atoms with Gasteiger partial charge in [0.25, 0.3) is 0 Å². The molecule has 0 aliphatic carbocycles. The SMILES string of the molecule is CCC[C@@H]1COCCN1S(=O)(=O)c1ccc(Cl)cc1. The van der Waals surface area contributed by atoms with Crippen LogP contribution in [0.4, 0.5) is 0 Å². The predicted molar refractivity (Wildman–Crippen MR) is 74.9 cm³/mol. The van der Waals surface area contributed by atoms with Crippen molar-refractivity contribution in [3.05, 3.63) is 29.3 Å². The molecule has 0 radical (unpaired) electrons. The number of halogens is 1. The minimum Gasteiger partial charge on any atom is -0.378 e. The average molecular weight is 304 g/mol. The fourth-order valence-corrected chi connectivity index (χ4v) is 4.01. The highest BCUT2D eigenvalue weighted by Crippen LogP contribution is 2.23. The van der Waals surface area contributed by atoms with E-state index in [9.17, 15) is 8.42 Å². The van der Waals surface area contributed by atoms with E-state index in [0.29, 0.717) is 29.7 Å². The summed E-state index contributed by atoms with van der Waals surface area (Å²) >= 11 is 5.80. The Balaban J connectivity index is 2.28. The Labute approximate surface area is 119 Å². The average Bonchev–Trinajstić information content (AvgIpc) is 2.40. The first-order valence-corrected chi connectivity index (χ1v) is 8.22. The van der Waals surface area contributed by atoms with E-state index in [2.05, 4.69) is 0 Å². The minimum absolute atomic E-state index is 0.0700. The molecule has 1 heterocycles. The van der Waals surface area contributed by atoms with E-state index in [1.807, 2.05) is 6.92 Å². The monoisotopic (exact) mass is 303 g/mol. The summed E-state index contributed by atoms with van der Waals surface area (Å²) in [5.41, 5.74) is 0. The summed E-state index contributed by atoms with van der Waals surface area (Å²) in [6, 6.07) is 6.24. The third-order valence-electron chi connectivity index (χ3n) is 3.22. The molecule has 6 heteroatoms. The van der Waals surface area contributed by atoms with Crippen molar-refractivity contribution in [3.8, 4) is 0 Å². The first-order valence-electron chi connectivity index (χ1n) is 6.41. The second-order valence-electron chi connectivity index (χ2n) is 4.59. The van der Waals surface area contributed by atoms with Crippen LogP contribution in [0.25, 0.3) is 0 Å². The molecule has 1 atom stereocenters. The third kappa shape index (κ3) is 3.28. The van der Waals surface area contributed by atoms with E-state index in [0.717, 1.165) is 12.8 Å². The van der Waals surface area contributed by atoms with Gasteiger partial charge in [-0.05, 0) is 30.7 Å². The molecule has 1 aliphatic heterocycles. The molecule has 19 heavy (non-hydrogen) atoms. The lowest BCUT2D eigenvalue weighted by Crippen LogP contribution is -2.48. The molecule has 1 aromatic rings. The lowest BCUT2D eigenvalue weighted by Gasteiger charge is -2.34. The summed E-state index contributed by atoms with van der Waals surface area (Å²) in [5, 5.41) is 0.533. The summed E-state index contributed by atoms with van der Waals surface area (Å²) in [4.78, 5) is 0.292. The van der Waals surface area contributed by atoms with Crippen LogP contribution in [0.2, 0.25) is 5.02 Å². The Hall–Kier alpha value is -0.620. The van der Waals surface area contributed by atoms with Crippen LogP contribution in [0.15, 0.2) is 29.2 Å². The maximum atomic E-state index is 12.6. The molecule has 1 saturated heterocycles. The molecule has 106 valence electrons. The van der Waals surface area contributed by atoms with Gasteiger partial charge >= 0.3 is 0 Å². The highest BCUT2D eigenvalue weighted by molar-refractivity contribution is 7.89. The molecule has 0 unspecified atom stereocenters. The molecular weight excluding hydrogens is 286 g/mol. The van der Waals surface area contributed by atoms with Gasteiger partial charge in [0, 0.05) is 17.6 Å². The van der Waals surface area contributed by atoms with Crippen LogP contribution in [0.5, 0.6) is 0 Å². The Morgan fingerprint density at radius 1 is 1.37 bits per heavy atom. The number of sulfonamides is 1. The number of hydrogen-bond donors (Lipinski definition) is 0. The Morgan fingerprint density at radius 2 is 2.05 bits per heavy atom. The van der Waals surface area contributed by atoms with E-state index in [1.54, 1.807) is 28.6 Å². The molecule has 2 rings (SSSR count). The van der Waals surface area contributed by atoms with E-state index in [-0.39, 0.29) is 6.04 Å². The van der Waals surface area contributed by atoms with E-state index in [1.165, 1.54) is 0 Å². The fourth-order valence-electron chi connectivity index (χ4n) is 2.26. The summed E-state index contributed by atoms with van der Waals surface area (Å²) in [7, 11) is -3.46. The number of nitrogens with zero attached hydrogens (tertiary/aromatic N) is 1. The Morgan fingerprint density at radius 3 is 2.68 bits per heavy atom. The van der Waals surface area contributed by atoms with Crippen LogP contribution in [-0.2, 0) is 14.8 Å². The zero-order valence-corrected chi connectivity index (χ0v) is 12.5. The molecule has 0 aromatic heterocycles. The summed E-state index contributed by atoms with van der Waals surface area (Å²) in [6.45, 7) is 3.38. The highest BCUT2D eigenvalue weighted by atomic mass is 35.5. The number of benzene rings is 1. The number of rotatable bonds is 4. The van der Waals surface area contributed by atoms with Crippen LogP contribution in [-0.4, -0.2) is 38.5 Å². The zero-order chi connectivity index (χ0) is 13.9. The van der Waals surface area contributed by atoms with Crippen molar-refractivity contribution in [2.75, 3.05) is 19.8 Å². The summed E-state index contributed by atoms with van der Waals surface area (Å²) < 4.78 is 32.2. The third-order valence-corrected chi connectivity index (χ3v) is 5.43. The maximum Gasteiger partial charge on any atom is 0.243 e. The summed E-state index contributed by atoms with van der Waals surface area (Å²) in [6.07, 6.45) is 1.74. The van der Waals surface area contributed by atoms with Crippen molar-refractivity contribution in [2.24, 2.45) is 0 Å². The molecular formula is C13H18ClNO3S. The molecule has 0 bridgehead atoms. The fraction of sp³-hybridized carbons (Fsp3) is 0.538. The second kappa shape index (κ2) is 6.22. The number of ether oxygens (including phenoxy) is 1. The van der Waals surface area contributed by atoms with E-state index >= 15 is 0 Å². The van der Waals surface area contributed by atoms with E-state index in [4.69, 9.17) is 16.3 Å². The van der Waals surface area contributed by atoms with Gasteiger partial charge in [-0.1, -0.05) is 24.9 Å². The second-order valence-corrected chi connectivity index (χ2v) is 6.91. The molecule has 1 aromatic carbocycles. The highest BCUT2D eigenvalue weighted by Gasteiger charge is 2.33. The molecule has 0 spiro atoms. The lowest BCUT2D eigenvalue weighted by atomic mass is 10.1. The molecule has 1 aliphatic rings.